The van der Waals surface area contributed by atoms with Crippen LogP contribution in [0.2, 0.25) is 0 Å². The van der Waals surface area contributed by atoms with E-state index in [2.05, 4.69) is 0 Å². The van der Waals surface area contributed by atoms with Gasteiger partial charge in [-0.25, -0.2) is 0 Å². The van der Waals surface area contributed by atoms with E-state index in [0.29, 0.717) is 0 Å². The lowest BCUT2D eigenvalue weighted by molar-refractivity contribution is -0.122. The molecule has 0 aromatic heterocycles. The number of hydrogen-bond acceptors (Lipinski definition) is 3. The number of methoxy groups -OCH3 is 1. The Morgan fingerprint density at radius 2 is 1.94 bits per heavy atom. The van der Waals surface area contributed by atoms with Crippen molar-refractivity contribution in [3.05, 3.63) is 23.8 Å². The summed E-state index contributed by atoms with van der Waals surface area (Å²) in [4.78, 5) is 24.3. The SMILES string of the molecule is COc1ccc(N(C)C(=O)CCC(C)=O)cc1C. The molecule has 0 aliphatic rings. The van der Waals surface area contributed by atoms with Crippen LogP contribution in [0.15, 0.2) is 18.2 Å². The number of hydrogen-bond donors (Lipinski definition) is 0. The van der Waals surface area contributed by atoms with E-state index in [1.807, 2.05) is 25.1 Å². The van der Waals surface area contributed by atoms with Crippen molar-refractivity contribution in [3.8, 4) is 5.75 Å². The van der Waals surface area contributed by atoms with Crippen LogP contribution in [0, 0.1) is 6.92 Å². The lowest BCUT2D eigenvalue weighted by Crippen LogP contribution is -2.26. The van der Waals surface area contributed by atoms with Crippen LogP contribution in [0.25, 0.3) is 0 Å². The molecule has 98 valence electrons. The maximum absolute atomic E-state index is 11.9. The topological polar surface area (TPSA) is 46.6 Å². The second-order valence-electron chi connectivity index (χ2n) is 4.31. The molecule has 0 N–H and O–H groups in total. The Morgan fingerprint density at radius 1 is 1.28 bits per heavy atom. The van der Waals surface area contributed by atoms with E-state index in [1.54, 1.807) is 19.1 Å². The number of amides is 1. The molecule has 1 aromatic carbocycles. The number of aryl methyl sites for hydroxylation is 1. The zero-order valence-electron chi connectivity index (χ0n) is 11.3. The Labute approximate surface area is 108 Å². The minimum Gasteiger partial charge on any atom is -0.496 e. The predicted molar refractivity (Wildman–Crippen MR) is 71.1 cm³/mol. The summed E-state index contributed by atoms with van der Waals surface area (Å²) in [5.41, 5.74) is 1.78. The number of carbonyl (C=O) groups excluding carboxylic acids is 2. The van der Waals surface area contributed by atoms with Gasteiger partial charge in [-0.15, -0.1) is 0 Å². The second-order valence-corrected chi connectivity index (χ2v) is 4.31. The van der Waals surface area contributed by atoms with Crippen molar-refractivity contribution in [2.75, 3.05) is 19.1 Å². The first-order chi connectivity index (χ1) is 8.45. The highest BCUT2D eigenvalue weighted by Crippen LogP contribution is 2.23. The first-order valence-corrected chi connectivity index (χ1v) is 5.86. The molecule has 4 heteroatoms. The van der Waals surface area contributed by atoms with Gasteiger partial charge in [0, 0.05) is 25.6 Å². The first kappa shape index (κ1) is 14.2. The normalized spacial score (nSPS) is 10.0. The molecule has 0 aliphatic heterocycles. The van der Waals surface area contributed by atoms with Gasteiger partial charge in [-0.05, 0) is 37.6 Å². The average molecular weight is 249 g/mol. The maximum Gasteiger partial charge on any atom is 0.227 e. The van der Waals surface area contributed by atoms with Crippen LogP contribution in [0.5, 0.6) is 5.75 Å². The quantitative estimate of drug-likeness (QED) is 0.804. The molecule has 0 atom stereocenters. The summed E-state index contributed by atoms with van der Waals surface area (Å²) in [7, 11) is 3.33. The largest absolute Gasteiger partial charge is 0.496 e. The molecule has 18 heavy (non-hydrogen) atoms. The van der Waals surface area contributed by atoms with Gasteiger partial charge in [0.15, 0.2) is 0 Å². The van der Waals surface area contributed by atoms with Gasteiger partial charge in [0.1, 0.15) is 11.5 Å². The molecule has 1 amide bonds. The van der Waals surface area contributed by atoms with E-state index in [-0.39, 0.29) is 24.5 Å². The lowest BCUT2D eigenvalue weighted by atomic mass is 10.1. The van der Waals surface area contributed by atoms with Gasteiger partial charge in [0.25, 0.3) is 0 Å². The molecule has 0 saturated carbocycles. The molecule has 1 aromatic rings. The standard InChI is InChI=1S/C14H19NO3/c1-10-9-12(6-7-13(10)18-4)15(3)14(17)8-5-11(2)16/h6-7,9H,5,8H2,1-4H3. The number of rotatable bonds is 5. The Morgan fingerprint density at radius 3 is 2.44 bits per heavy atom. The predicted octanol–water partition coefficient (Wildman–Crippen LogP) is 2.34. The van der Waals surface area contributed by atoms with Crippen molar-refractivity contribution in [2.45, 2.75) is 26.7 Å². The second kappa shape index (κ2) is 6.19. The Kier molecular flexibility index (Phi) is 4.89. The van der Waals surface area contributed by atoms with E-state index in [1.165, 1.54) is 6.92 Å². The van der Waals surface area contributed by atoms with Gasteiger partial charge in [-0.3, -0.25) is 4.79 Å². The van der Waals surface area contributed by atoms with E-state index in [9.17, 15) is 9.59 Å². The smallest absolute Gasteiger partial charge is 0.227 e. The van der Waals surface area contributed by atoms with Crippen LogP contribution in [0.3, 0.4) is 0 Å². The zero-order valence-corrected chi connectivity index (χ0v) is 11.3. The van der Waals surface area contributed by atoms with Crippen molar-refractivity contribution in [2.24, 2.45) is 0 Å². The summed E-state index contributed by atoms with van der Waals surface area (Å²) >= 11 is 0. The third-order valence-corrected chi connectivity index (χ3v) is 2.83. The highest BCUT2D eigenvalue weighted by atomic mass is 16.5. The highest BCUT2D eigenvalue weighted by Gasteiger charge is 2.12. The molecule has 0 fully saturated rings. The van der Waals surface area contributed by atoms with Crippen molar-refractivity contribution in [1.29, 1.82) is 0 Å². The van der Waals surface area contributed by atoms with Gasteiger partial charge in [-0.2, -0.15) is 0 Å². The maximum atomic E-state index is 11.9. The van der Waals surface area contributed by atoms with Gasteiger partial charge in [-0.1, -0.05) is 0 Å². The van der Waals surface area contributed by atoms with Crippen molar-refractivity contribution < 1.29 is 14.3 Å². The number of ether oxygens (including phenoxy) is 1. The van der Waals surface area contributed by atoms with E-state index < -0.39 is 0 Å². The molecule has 0 unspecified atom stereocenters. The van der Waals surface area contributed by atoms with E-state index >= 15 is 0 Å². The Hall–Kier alpha value is -1.84. The summed E-state index contributed by atoms with van der Waals surface area (Å²) in [5, 5.41) is 0. The highest BCUT2D eigenvalue weighted by molar-refractivity contribution is 5.95. The number of Topliss-reactive ketones (excluding diaryl/α,β-unsaturated/α-hetero) is 1. The monoisotopic (exact) mass is 249 g/mol. The van der Waals surface area contributed by atoms with Gasteiger partial charge in [0.05, 0.1) is 7.11 Å². The molecule has 0 aliphatic carbocycles. The van der Waals surface area contributed by atoms with Crippen molar-refractivity contribution in [3.63, 3.8) is 0 Å². The lowest BCUT2D eigenvalue weighted by Gasteiger charge is -2.18. The third kappa shape index (κ3) is 3.58. The van der Waals surface area contributed by atoms with E-state index in [0.717, 1.165) is 17.0 Å². The van der Waals surface area contributed by atoms with Crippen molar-refractivity contribution >= 4 is 17.4 Å². The molecule has 0 spiro atoms. The molecule has 4 nitrogen and oxygen atoms in total. The first-order valence-electron chi connectivity index (χ1n) is 5.86. The number of anilines is 1. The summed E-state index contributed by atoms with van der Waals surface area (Å²) < 4.78 is 5.17. The fourth-order valence-electron chi connectivity index (χ4n) is 1.67. The molecule has 1 rings (SSSR count). The summed E-state index contributed by atoms with van der Waals surface area (Å²) in [5.74, 6) is 0.765. The number of nitrogens with zero attached hydrogens (tertiary/aromatic N) is 1. The molecular formula is C14H19NO3. The molecular weight excluding hydrogens is 230 g/mol. The molecule has 0 bridgehead atoms. The minimum absolute atomic E-state index is 0.0302. The minimum atomic E-state index is -0.0604. The summed E-state index contributed by atoms with van der Waals surface area (Å²) in [6.45, 7) is 3.42. The van der Waals surface area contributed by atoms with Crippen LogP contribution in [0.4, 0.5) is 5.69 Å². The fraction of sp³-hybridized carbons (Fsp3) is 0.429. The van der Waals surface area contributed by atoms with Crippen LogP contribution < -0.4 is 9.64 Å². The summed E-state index contributed by atoms with van der Waals surface area (Å²) in [6, 6.07) is 5.56. The van der Waals surface area contributed by atoms with E-state index in [4.69, 9.17) is 4.74 Å². The van der Waals surface area contributed by atoms with Gasteiger partial charge >= 0.3 is 0 Å². The average Bonchev–Trinajstić information content (AvgIpc) is 2.34. The van der Waals surface area contributed by atoms with Crippen LogP contribution in [-0.2, 0) is 9.59 Å². The molecule has 0 radical (unpaired) electrons. The summed E-state index contributed by atoms with van der Waals surface area (Å²) in [6.07, 6.45) is 0.537. The number of ketones is 1. The third-order valence-electron chi connectivity index (χ3n) is 2.83. The van der Waals surface area contributed by atoms with Crippen LogP contribution in [-0.4, -0.2) is 25.8 Å². The zero-order chi connectivity index (χ0) is 13.7. The molecule has 0 heterocycles. The number of carbonyl (C=O) groups is 2. The Bertz CT molecular complexity index is 454. The van der Waals surface area contributed by atoms with Crippen molar-refractivity contribution in [1.82, 2.24) is 0 Å². The van der Waals surface area contributed by atoms with Gasteiger partial charge < -0.3 is 14.4 Å². The molecule has 0 saturated heterocycles. The van der Waals surface area contributed by atoms with Crippen LogP contribution in [0.1, 0.15) is 25.3 Å². The van der Waals surface area contributed by atoms with Crippen LogP contribution >= 0.6 is 0 Å². The fourth-order valence-corrected chi connectivity index (χ4v) is 1.67. The van der Waals surface area contributed by atoms with Gasteiger partial charge in [0.2, 0.25) is 5.91 Å². The Balaban J connectivity index is 2.77. The number of benzene rings is 1.